The summed E-state index contributed by atoms with van der Waals surface area (Å²) in [5.41, 5.74) is 1.74. The fraction of sp³-hybridized carbons (Fsp3) is 0.375. The molecule has 22 heavy (non-hydrogen) atoms. The maximum atomic E-state index is 11.6. The summed E-state index contributed by atoms with van der Waals surface area (Å²) in [6, 6.07) is 7.10. The number of aromatic nitrogens is 1. The zero-order chi connectivity index (χ0) is 15.9. The van der Waals surface area contributed by atoms with Crippen molar-refractivity contribution in [3.63, 3.8) is 0 Å². The minimum Gasteiger partial charge on any atom is -0.478 e. The van der Waals surface area contributed by atoms with E-state index >= 15 is 0 Å². The third-order valence-corrected chi connectivity index (χ3v) is 3.99. The number of rotatable bonds is 3. The largest absolute Gasteiger partial charge is 0.478 e. The lowest BCUT2D eigenvalue weighted by Gasteiger charge is -2.29. The van der Waals surface area contributed by atoms with Gasteiger partial charge in [-0.1, -0.05) is 18.2 Å². The van der Waals surface area contributed by atoms with Gasteiger partial charge >= 0.3 is 5.97 Å². The Hall–Kier alpha value is -2.18. The number of ketones is 1. The number of hydrogen-bond acceptors (Lipinski definition) is 4. The Morgan fingerprint density at radius 2 is 1.95 bits per heavy atom. The number of benzene rings is 1. The number of carboxylic acid groups (broad SMARTS) is 1. The highest BCUT2D eigenvalue weighted by molar-refractivity contribution is 6.05. The van der Waals surface area contributed by atoms with Crippen LogP contribution >= 0.6 is 0 Å². The van der Waals surface area contributed by atoms with E-state index in [1.165, 1.54) is 0 Å². The van der Waals surface area contributed by atoms with Gasteiger partial charge in [-0.15, -0.1) is 0 Å². The van der Waals surface area contributed by atoms with E-state index in [9.17, 15) is 14.7 Å². The van der Waals surface area contributed by atoms with Crippen LogP contribution in [0.1, 0.15) is 29.0 Å². The van der Waals surface area contributed by atoms with Crippen LogP contribution in [0.5, 0.6) is 0 Å². The monoisotopic (exact) mass is 303 g/mol. The molecule has 3 rings (SSSR count). The Labute approximate surface area is 127 Å². The van der Waals surface area contributed by atoms with E-state index in [0.29, 0.717) is 11.1 Å². The van der Waals surface area contributed by atoms with E-state index in [4.69, 9.17) is 9.47 Å². The van der Waals surface area contributed by atoms with Crippen LogP contribution < -0.4 is 0 Å². The van der Waals surface area contributed by atoms with Crippen molar-refractivity contribution in [2.75, 3.05) is 13.2 Å². The first-order chi connectivity index (χ1) is 10.5. The van der Waals surface area contributed by atoms with Crippen molar-refractivity contribution in [2.24, 2.45) is 0 Å². The molecular weight excluding hydrogens is 286 g/mol. The number of Topliss-reactive ketones (excluding diaryl/α,β-unsaturated/α-hetero) is 1. The maximum absolute atomic E-state index is 11.6. The molecule has 1 aliphatic rings. The molecule has 1 aromatic carbocycles. The molecule has 0 amide bonds. The van der Waals surface area contributed by atoms with Gasteiger partial charge in [-0.2, -0.15) is 0 Å². The van der Waals surface area contributed by atoms with Crippen LogP contribution in [0.3, 0.4) is 0 Å². The first-order valence-corrected chi connectivity index (χ1v) is 7.08. The number of para-hydroxylation sites is 1. The van der Waals surface area contributed by atoms with Gasteiger partial charge in [0, 0.05) is 16.6 Å². The van der Waals surface area contributed by atoms with E-state index in [2.05, 4.69) is 0 Å². The van der Waals surface area contributed by atoms with Gasteiger partial charge in [-0.3, -0.25) is 4.79 Å². The molecule has 6 heteroatoms. The van der Waals surface area contributed by atoms with Crippen LogP contribution in [-0.4, -0.2) is 40.9 Å². The highest BCUT2D eigenvalue weighted by Crippen LogP contribution is 2.31. The molecule has 0 aliphatic carbocycles. The Morgan fingerprint density at radius 1 is 1.32 bits per heavy atom. The summed E-state index contributed by atoms with van der Waals surface area (Å²) in [7, 11) is 0. The third kappa shape index (κ3) is 2.30. The van der Waals surface area contributed by atoms with E-state index < -0.39 is 12.3 Å². The second-order valence-corrected chi connectivity index (χ2v) is 5.42. The molecule has 1 fully saturated rings. The van der Waals surface area contributed by atoms with Crippen molar-refractivity contribution in [1.82, 2.24) is 4.57 Å². The Balaban J connectivity index is 2.08. The molecule has 0 saturated carbocycles. The first kappa shape index (κ1) is 14.7. The number of carbonyl (C=O) groups excluding carboxylic acids is 1. The molecule has 0 radical (unpaired) electrons. The summed E-state index contributed by atoms with van der Waals surface area (Å²) in [6.07, 6.45) is -0.575. The first-order valence-electron chi connectivity index (χ1n) is 7.08. The van der Waals surface area contributed by atoms with Gasteiger partial charge < -0.3 is 19.1 Å². The number of nitrogens with zero attached hydrogens (tertiary/aromatic N) is 1. The van der Waals surface area contributed by atoms with Crippen LogP contribution in [0.4, 0.5) is 0 Å². The number of carboxylic acids is 1. The lowest BCUT2D eigenvalue weighted by Crippen LogP contribution is -2.37. The second kappa shape index (κ2) is 5.55. The zero-order valence-electron chi connectivity index (χ0n) is 12.4. The van der Waals surface area contributed by atoms with Crippen LogP contribution in [0.2, 0.25) is 0 Å². The molecule has 116 valence electrons. The van der Waals surface area contributed by atoms with Gasteiger partial charge in [0.25, 0.3) is 0 Å². The number of hydrogen-bond donors (Lipinski definition) is 1. The molecule has 0 bridgehead atoms. The summed E-state index contributed by atoms with van der Waals surface area (Å²) in [5, 5.41) is 10.2. The van der Waals surface area contributed by atoms with Crippen molar-refractivity contribution in [3.05, 3.63) is 35.5 Å². The average molecular weight is 303 g/mol. The van der Waals surface area contributed by atoms with Gasteiger partial charge in [0.2, 0.25) is 0 Å². The lowest BCUT2D eigenvalue weighted by atomic mass is 10.1. The van der Waals surface area contributed by atoms with Gasteiger partial charge in [0.15, 0.2) is 12.1 Å². The summed E-state index contributed by atoms with van der Waals surface area (Å²) in [5.74, 6) is -1.05. The number of ether oxygens (including phenoxy) is 2. The van der Waals surface area contributed by atoms with E-state index in [0.717, 1.165) is 5.52 Å². The van der Waals surface area contributed by atoms with Gasteiger partial charge in [0.1, 0.15) is 13.2 Å². The molecule has 2 heterocycles. The molecule has 1 N–H and O–H groups in total. The minimum atomic E-state index is -0.958. The fourth-order valence-corrected chi connectivity index (χ4v) is 3.03. The molecule has 1 aromatic heterocycles. The summed E-state index contributed by atoms with van der Waals surface area (Å²) in [6.45, 7) is 3.72. The average Bonchev–Trinajstić information content (AvgIpc) is 2.79. The Morgan fingerprint density at radius 3 is 2.59 bits per heavy atom. The topological polar surface area (TPSA) is 77.8 Å². The third-order valence-electron chi connectivity index (χ3n) is 3.99. The molecule has 1 atom stereocenters. The second-order valence-electron chi connectivity index (χ2n) is 5.42. The van der Waals surface area contributed by atoms with Crippen molar-refractivity contribution in [2.45, 2.75) is 26.2 Å². The van der Waals surface area contributed by atoms with Crippen LogP contribution in [-0.2, 0) is 14.3 Å². The van der Waals surface area contributed by atoms with Gasteiger partial charge in [0.05, 0.1) is 11.6 Å². The molecule has 0 spiro atoms. The van der Waals surface area contributed by atoms with Gasteiger partial charge in [-0.05, 0) is 19.9 Å². The quantitative estimate of drug-likeness (QED) is 0.940. The Kier molecular flexibility index (Phi) is 3.72. The highest BCUT2D eigenvalue weighted by atomic mass is 16.7. The van der Waals surface area contributed by atoms with Crippen LogP contribution in [0, 0.1) is 6.92 Å². The molecule has 2 aromatic rings. The predicted octanol–water partition coefficient (Wildman–Crippen LogP) is 2.15. The SMILES string of the molecule is Cc1c(C(=O)O)c2ccccc2n1[C@H](C)C1OCC(=O)CO1. The maximum Gasteiger partial charge on any atom is 0.338 e. The zero-order valence-corrected chi connectivity index (χ0v) is 12.4. The van der Waals surface area contributed by atoms with E-state index in [-0.39, 0.29) is 30.6 Å². The predicted molar refractivity (Wildman–Crippen MR) is 79.0 cm³/mol. The normalized spacial score (nSPS) is 17.8. The molecular formula is C16H17NO5. The molecule has 1 saturated heterocycles. The van der Waals surface area contributed by atoms with Crippen LogP contribution in [0.25, 0.3) is 10.9 Å². The van der Waals surface area contributed by atoms with Crippen LogP contribution in [0.15, 0.2) is 24.3 Å². The smallest absolute Gasteiger partial charge is 0.338 e. The standard InChI is InChI=1S/C16H17NO5/c1-9-14(15(19)20)12-5-3-4-6-13(12)17(9)10(2)16-21-7-11(18)8-22-16/h3-6,10,16H,7-8H2,1-2H3,(H,19,20)/t10-/m1/s1. The molecule has 6 nitrogen and oxygen atoms in total. The van der Waals surface area contributed by atoms with E-state index in [1.54, 1.807) is 13.0 Å². The van der Waals surface area contributed by atoms with Crippen molar-refractivity contribution >= 4 is 22.7 Å². The fourth-order valence-electron chi connectivity index (χ4n) is 3.03. The molecule has 0 unspecified atom stereocenters. The highest BCUT2D eigenvalue weighted by Gasteiger charge is 2.30. The Bertz CT molecular complexity index is 738. The van der Waals surface area contributed by atoms with Gasteiger partial charge in [-0.25, -0.2) is 4.79 Å². The van der Waals surface area contributed by atoms with Crippen molar-refractivity contribution < 1.29 is 24.2 Å². The number of fused-ring (bicyclic) bond motifs is 1. The number of carbonyl (C=O) groups is 2. The molecule has 1 aliphatic heterocycles. The summed E-state index contributed by atoms with van der Waals surface area (Å²) < 4.78 is 12.8. The van der Waals surface area contributed by atoms with Crippen molar-refractivity contribution in [1.29, 1.82) is 0 Å². The minimum absolute atomic E-state index is 0.0268. The summed E-state index contributed by atoms with van der Waals surface area (Å²) >= 11 is 0. The lowest BCUT2D eigenvalue weighted by molar-refractivity contribution is -0.198. The van der Waals surface area contributed by atoms with E-state index in [1.807, 2.05) is 29.7 Å². The number of aromatic carboxylic acids is 1. The summed E-state index contributed by atoms with van der Waals surface area (Å²) in [4.78, 5) is 22.8. The van der Waals surface area contributed by atoms with Crippen molar-refractivity contribution in [3.8, 4) is 0 Å².